The Bertz CT molecular complexity index is 534. The van der Waals surface area contributed by atoms with E-state index < -0.39 is 0 Å². The lowest BCUT2D eigenvalue weighted by Gasteiger charge is -2.13. The molecule has 0 amide bonds. The van der Waals surface area contributed by atoms with E-state index in [1.54, 1.807) is 0 Å². The molecule has 1 aliphatic rings. The molecule has 1 aliphatic heterocycles. The Balaban J connectivity index is 2.01. The number of rotatable bonds is 2. The van der Waals surface area contributed by atoms with E-state index >= 15 is 0 Å². The van der Waals surface area contributed by atoms with Crippen LogP contribution in [0.4, 0.5) is 0 Å². The van der Waals surface area contributed by atoms with Gasteiger partial charge < -0.3 is 4.90 Å². The minimum Gasteiger partial charge on any atom is -0.303 e. The zero-order chi connectivity index (χ0) is 11.8. The molecule has 3 heterocycles. The standard InChI is InChI=1S/C13H16ClN3/c1-2-16-7-6-10(9-16)13-15-8-11-4-3-5-12(14)17(11)13/h3-5,8,10H,2,6-7,9H2,1H3. The number of hydrogen-bond donors (Lipinski definition) is 0. The average molecular weight is 250 g/mol. The highest BCUT2D eigenvalue weighted by molar-refractivity contribution is 6.29. The average Bonchev–Trinajstić information content (AvgIpc) is 2.94. The molecular weight excluding hydrogens is 234 g/mol. The van der Waals surface area contributed by atoms with Crippen LogP contribution in [0, 0.1) is 0 Å². The van der Waals surface area contributed by atoms with E-state index in [9.17, 15) is 0 Å². The van der Waals surface area contributed by atoms with Crippen molar-refractivity contribution in [3.63, 3.8) is 0 Å². The van der Waals surface area contributed by atoms with Crippen LogP contribution in [-0.2, 0) is 0 Å². The summed E-state index contributed by atoms with van der Waals surface area (Å²) in [6, 6.07) is 5.94. The number of pyridine rings is 1. The van der Waals surface area contributed by atoms with Crippen molar-refractivity contribution < 1.29 is 0 Å². The summed E-state index contributed by atoms with van der Waals surface area (Å²) in [5.41, 5.74) is 1.09. The first kappa shape index (κ1) is 11.1. The maximum absolute atomic E-state index is 6.26. The largest absolute Gasteiger partial charge is 0.303 e. The Morgan fingerprint density at radius 3 is 3.12 bits per heavy atom. The molecule has 1 atom stereocenters. The monoisotopic (exact) mass is 249 g/mol. The van der Waals surface area contributed by atoms with E-state index in [-0.39, 0.29) is 0 Å². The predicted molar refractivity (Wildman–Crippen MR) is 69.7 cm³/mol. The van der Waals surface area contributed by atoms with Gasteiger partial charge in [-0.2, -0.15) is 0 Å². The molecule has 2 aromatic heterocycles. The van der Waals surface area contributed by atoms with Crippen molar-refractivity contribution in [2.24, 2.45) is 0 Å². The smallest absolute Gasteiger partial charge is 0.118 e. The van der Waals surface area contributed by atoms with Crippen molar-refractivity contribution >= 4 is 17.1 Å². The van der Waals surface area contributed by atoms with Crippen LogP contribution in [0.2, 0.25) is 5.15 Å². The summed E-state index contributed by atoms with van der Waals surface area (Å²) in [6.07, 6.45) is 3.09. The maximum Gasteiger partial charge on any atom is 0.118 e. The van der Waals surface area contributed by atoms with E-state index in [1.165, 1.54) is 13.0 Å². The highest BCUT2D eigenvalue weighted by Gasteiger charge is 2.26. The van der Waals surface area contributed by atoms with Gasteiger partial charge in [0.25, 0.3) is 0 Å². The Morgan fingerprint density at radius 2 is 2.35 bits per heavy atom. The van der Waals surface area contributed by atoms with Crippen molar-refractivity contribution in [2.75, 3.05) is 19.6 Å². The van der Waals surface area contributed by atoms with Gasteiger partial charge in [-0.15, -0.1) is 0 Å². The lowest BCUT2D eigenvalue weighted by atomic mass is 10.1. The number of nitrogens with zero attached hydrogens (tertiary/aromatic N) is 3. The van der Waals surface area contributed by atoms with Gasteiger partial charge in [-0.05, 0) is 31.6 Å². The van der Waals surface area contributed by atoms with Crippen LogP contribution in [-0.4, -0.2) is 33.9 Å². The lowest BCUT2D eigenvalue weighted by molar-refractivity contribution is 0.352. The van der Waals surface area contributed by atoms with Gasteiger partial charge in [0.2, 0.25) is 0 Å². The van der Waals surface area contributed by atoms with Crippen LogP contribution in [0.15, 0.2) is 24.4 Å². The normalized spacial score (nSPS) is 21.4. The minimum absolute atomic E-state index is 0.511. The summed E-state index contributed by atoms with van der Waals surface area (Å²) >= 11 is 6.26. The number of halogens is 1. The molecule has 0 bridgehead atoms. The summed E-state index contributed by atoms with van der Waals surface area (Å²) in [6.45, 7) is 5.59. The molecule has 17 heavy (non-hydrogen) atoms. The molecule has 0 saturated carbocycles. The zero-order valence-corrected chi connectivity index (χ0v) is 10.7. The number of likely N-dealkylation sites (tertiary alicyclic amines) is 1. The number of hydrogen-bond acceptors (Lipinski definition) is 2. The minimum atomic E-state index is 0.511. The third kappa shape index (κ3) is 1.83. The molecule has 0 spiro atoms. The van der Waals surface area contributed by atoms with E-state index in [2.05, 4.69) is 27.3 Å². The van der Waals surface area contributed by atoms with Crippen LogP contribution in [0.3, 0.4) is 0 Å². The second-order valence-corrected chi connectivity index (χ2v) is 4.99. The molecule has 3 rings (SSSR count). The molecule has 1 saturated heterocycles. The van der Waals surface area contributed by atoms with Crippen molar-refractivity contribution in [3.05, 3.63) is 35.4 Å². The fraction of sp³-hybridized carbons (Fsp3) is 0.462. The van der Waals surface area contributed by atoms with E-state index in [0.29, 0.717) is 5.92 Å². The van der Waals surface area contributed by atoms with Crippen LogP contribution >= 0.6 is 11.6 Å². The van der Waals surface area contributed by atoms with Gasteiger partial charge in [0, 0.05) is 12.5 Å². The molecule has 0 aliphatic carbocycles. The lowest BCUT2D eigenvalue weighted by Crippen LogP contribution is -2.19. The predicted octanol–water partition coefficient (Wildman–Crippen LogP) is 2.80. The van der Waals surface area contributed by atoms with E-state index in [4.69, 9.17) is 11.6 Å². The summed E-state index contributed by atoms with van der Waals surface area (Å²) in [7, 11) is 0. The maximum atomic E-state index is 6.26. The van der Waals surface area contributed by atoms with Gasteiger partial charge in [-0.1, -0.05) is 24.6 Å². The van der Waals surface area contributed by atoms with Crippen molar-refractivity contribution in [3.8, 4) is 0 Å². The summed E-state index contributed by atoms with van der Waals surface area (Å²) in [5, 5.41) is 0.755. The highest BCUT2D eigenvalue weighted by atomic mass is 35.5. The Labute approximate surface area is 106 Å². The highest BCUT2D eigenvalue weighted by Crippen LogP contribution is 2.28. The molecule has 0 N–H and O–H groups in total. The van der Waals surface area contributed by atoms with Gasteiger partial charge in [0.1, 0.15) is 11.0 Å². The van der Waals surface area contributed by atoms with Crippen molar-refractivity contribution in [2.45, 2.75) is 19.3 Å². The Morgan fingerprint density at radius 1 is 1.47 bits per heavy atom. The molecule has 1 unspecified atom stereocenters. The van der Waals surface area contributed by atoms with Crippen molar-refractivity contribution in [1.29, 1.82) is 0 Å². The van der Waals surface area contributed by atoms with E-state index in [0.717, 1.165) is 29.6 Å². The fourth-order valence-corrected chi connectivity index (χ4v) is 2.91. The molecule has 4 heteroatoms. The second-order valence-electron chi connectivity index (χ2n) is 4.60. The van der Waals surface area contributed by atoms with Gasteiger partial charge in [0.05, 0.1) is 11.7 Å². The van der Waals surface area contributed by atoms with Gasteiger partial charge in [-0.3, -0.25) is 4.40 Å². The Hall–Kier alpha value is -1.06. The summed E-state index contributed by atoms with van der Waals surface area (Å²) in [5.74, 6) is 1.62. The summed E-state index contributed by atoms with van der Waals surface area (Å²) < 4.78 is 2.07. The number of fused-ring (bicyclic) bond motifs is 1. The van der Waals surface area contributed by atoms with Gasteiger partial charge in [0.15, 0.2) is 0 Å². The molecule has 2 aromatic rings. The van der Waals surface area contributed by atoms with Crippen LogP contribution in [0.25, 0.3) is 5.52 Å². The zero-order valence-electron chi connectivity index (χ0n) is 9.93. The third-order valence-electron chi connectivity index (χ3n) is 3.62. The molecular formula is C13H16ClN3. The quantitative estimate of drug-likeness (QED) is 0.763. The number of aromatic nitrogens is 2. The molecule has 0 aromatic carbocycles. The molecule has 3 nitrogen and oxygen atoms in total. The number of likely N-dealkylation sites (N-methyl/N-ethyl adjacent to an activating group) is 1. The van der Waals surface area contributed by atoms with Crippen LogP contribution < -0.4 is 0 Å². The summed E-state index contributed by atoms with van der Waals surface area (Å²) in [4.78, 5) is 7.02. The fourth-order valence-electron chi connectivity index (χ4n) is 2.65. The van der Waals surface area contributed by atoms with Crippen molar-refractivity contribution in [1.82, 2.24) is 14.3 Å². The SMILES string of the molecule is CCN1CCC(c2ncc3cccc(Cl)n23)C1. The molecule has 0 radical (unpaired) electrons. The first-order valence-corrected chi connectivity index (χ1v) is 6.51. The topological polar surface area (TPSA) is 20.5 Å². The van der Waals surface area contributed by atoms with Crippen LogP contribution in [0.5, 0.6) is 0 Å². The first-order chi connectivity index (χ1) is 8.29. The van der Waals surface area contributed by atoms with Gasteiger partial charge >= 0.3 is 0 Å². The second kappa shape index (κ2) is 4.31. The number of imidazole rings is 1. The Kier molecular flexibility index (Phi) is 2.81. The van der Waals surface area contributed by atoms with Crippen LogP contribution in [0.1, 0.15) is 25.1 Å². The first-order valence-electron chi connectivity index (χ1n) is 6.14. The van der Waals surface area contributed by atoms with E-state index in [1.807, 2.05) is 18.3 Å². The third-order valence-corrected chi connectivity index (χ3v) is 3.91. The molecule has 90 valence electrons. The van der Waals surface area contributed by atoms with Gasteiger partial charge in [-0.25, -0.2) is 4.98 Å². The molecule has 1 fully saturated rings.